The SMILES string of the molecule is Cc1ccc(N(N)C(=O)c2ccc(Cl)cc2)cc1. The van der Waals surface area contributed by atoms with Crippen molar-refractivity contribution in [1.29, 1.82) is 0 Å². The molecular weight excluding hydrogens is 248 g/mol. The first-order valence-electron chi connectivity index (χ1n) is 5.49. The molecule has 0 radical (unpaired) electrons. The molecule has 1 amide bonds. The standard InChI is InChI=1S/C14H13ClN2O/c1-10-2-8-13(9-3-10)17(16)14(18)11-4-6-12(15)7-5-11/h2-9H,16H2,1H3. The van der Waals surface area contributed by atoms with Gasteiger partial charge in [-0.3, -0.25) is 4.79 Å². The minimum atomic E-state index is -0.268. The van der Waals surface area contributed by atoms with Crippen LogP contribution in [-0.2, 0) is 0 Å². The van der Waals surface area contributed by atoms with Crippen LogP contribution >= 0.6 is 11.6 Å². The predicted molar refractivity (Wildman–Crippen MR) is 73.6 cm³/mol. The molecule has 0 fully saturated rings. The van der Waals surface area contributed by atoms with E-state index >= 15 is 0 Å². The van der Waals surface area contributed by atoms with Crippen LogP contribution in [0, 0.1) is 6.92 Å². The van der Waals surface area contributed by atoms with Crippen LogP contribution in [0.1, 0.15) is 15.9 Å². The summed E-state index contributed by atoms with van der Waals surface area (Å²) in [6.07, 6.45) is 0. The summed E-state index contributed by atoms with van der Waals surface area (Å²) < 4.78 is 0. The van der Waals surface area contributed by atoms with Gasteiger partial charge in [0.2, 0.25) is 0 Å². The summed E-state index contributed by atoms with van der Waals surface area (Å²) in [5, 5.41) is 1.72. The van der Waals surface area contributed by atoms with Crippen molar-refractivity contribution in [3.8, 4) is 0 Å². The van der Waals surface area contributed by atoms with Crippen LogP contribution in [0.5, 0.6) is 0 Å². The molecule has 0 aliphatic heterocycles. The van der Waals surface area contributed by atoms with Crippen LogP contribution in [0.2, 0.25) is 5.02 Å². The second-order valence-electron chi connectivity index (χ2n) is 4.02. The number of nitrogens with two attached hydrogens (primary N) is 1. The number of hydrogen-bond donors (Lipinski definition) is 1. The Morgan fingerprint density at radius 1 is 1.06 bits per heavy atom. The summed E-state index contributed by atoms with van der Waals surface area (Å²) in [5.41, 5.74) is 2.27. The van der Waals surface area contributed by atoms with E-state index in [2.05, 4.69) is 0 Å². The number of anilines is 1. The normalized spacial score (nSPS) is 10.2. The summed E-state index contributed by atoms with van der Waals surface area (Å²) in [6, 6.07) is 14.1. The molecule has 0 aliphatic carbocycles. The summed E-state index contributed by atoms with van der Waals surface area (Å²) in [5.74, 6) is 5.54. The first-order chi connectivity index (χ1) is 8.58. The van der Waals surface area contributed by atoms with Crippen molar-refractivity contribution in [2.45, 2.75) is 6.92 Å². The maximum atomic E-state index is 12.1. The molecule has 0 bridgehead atoms. The third kappa shape index (κ3) is 2.70. The molecule has 4 heteroatoms. The highest BCUT2D eigenvalue weighted by molar-refractivity contribution is 6.30. The minimum absolute atomic E-state index is 0.268. The van der Waals surface area contributed by atoms with Gasteiger partial charge in [-0.2, -0.15) is 0 Å². The van der Waals surface area contributed by atoms with Gasteiger partial charge in [-0.25, -0.2) is 10.9 Å². The van der Waals surface area contributed by atoms with Crippen LogP contribution < -0.4 is 10.9 Å². The molecule has 18 heavy (non-hydrogen) atoms. The summed E-state index contributed by atoms with van der Waals surface area (Å²) in [7, 11) is 0. The average molecular weight is 261 g/mol. The van der Waals surface area contributed by atoms with Crippen molar-refractivity contribution in [2.24, 2.45) is 5.84 Å². The van der Waals surface area contributed by atoms with Crippen molar-refractivity contribution >= 4 is 23.2 Å². The Labute approximate surface area is 111 Å². The fraction of sp³-hybridized carbons (Fsp3) is 0.0714. The number of carbonyl (C=O) groups excluding carboxylic acids is 1. The maximum Gasteiger partial charge on any atom is 0.272 e. The zero-order chi connectivity index (χ0) is 13.1. The Bertz CT molecular complexity index is 549. The number of carbonyl (C=O) groups is 1. The van der Waals surface area contributed by atoms with E-state index in [0.29, 0.717) is 16.3 Å². The quantitative estimate of drug-likeness (QED) is 0.512. The smallest absolute Gasteiger partial charge is 0.267 e. The van der Waals surface area contributed by atoms with Crippen LogP contribution in [0.3, 0.4) is 0 Å². The second-order valence-corrected chi connectivity index (χ2v) is 4.45. The Kier molecular flexibility index (Phi) is 3.65. The molecule has 0 aromatic heterocycles. The molecule has 0 aliphatic rings. The monoisotopic (exact) mass is 260 g/mol. The molecule has 2 rings (SSSR count). The summed E-state index contributed by atoms with van der Waals surface area (Å²) in [6.45, 7) is 1.98. The number of halogens is 1. The number of amides is 1. The molecule has 2 N–H and O–H groups in total. The van der Waals surface area contributed by atoms with Gasteiger partial charge in [-0.15, -0.1) is 0 Å². The van der Waals surface area contributed by atoms with Gasteiger partial charge in [0.05, 0.1) is 5.69 Å². The predicted octanol–water partition coefficient (Wildman–Crippen LogP) is 3.17. The topological polar surface area (TPSA) is 46.3 Å². The first-order valence-corrected chi connectivity index (χ1v) is 5.87. The van der Waals surface area contributed by atoms with Crippen molar-refractivity contribution in [3.63, 3.8) is 0 Å². The zero-order valence-electron chi connectivity index (χ0n) is 9.93. The molecule has 3 nitrogen and oxygen atoms in total. The van der Waals surface area contributed by atoms with E-state index in [1.165, 1.54) is 0 Å². The van der Waals surface area contributed by atoms with Gasteiger partial charge in [-0.05, 0) is 43.3 Å². The number of nitrogens with zero attached hydrogens (tertiary/aromatic N) is 1. The lowest BCUT2D eigenvalue weighted by atomic mass is 10.2. The number of benzene rings is 2. The zero-order valence-corrected chi connectivity index (χ0v) is 10.7. The van der Waals surface area contributed by atoms with Crippen molar-refractivity contribution in [1.82, 2.24) is 0 Å². The molecular formula is C14H13ClN2O. The van der Waals surface area contributed by atoms with E-state index in [1.807, 2.05) is 31.2 Å². The molecule has 0 saturated heterocycles. The van der Waals surface area contributed by atoms with Gasteiger partial charge >= 0.3 is 0 Å². The molecule has 0 atom stereocenters. The highest BCUT2D eigenvalue weighted by Gasteiger charge is 2.13. The molecule has 0 unspecified atom stereocenters. The number of rotatable bonds is 2. The molecule has 2 aromatic carbocycles. The van der Waals surface area contributed by atoms with Crippen molar-refractivity contribution in [3.05, 3.63) is 64.7 Å². The van der Waals surface area contributed by atoms with Gasteiger partial charge in [0.25, 0.3) is 5.91 Å². The largest absolute Gasteiger partial charge is 0.272 e. The molecule has 0 saturated carbocycles. The Balaban J connectivity index is 2.23. The Hall–Kier alpha value is -1.84. The van der Waals surface area contributed by atoms with E-state index in [1.54, 1.807) is 24.3 Å². The third-order valence-corrected chi connectivity index (χ3v) is 2.87. The van der Waals surface area contributed by atoms with Crippen molar-refractivity contribution in [2.75, 3.05) is 5.01 Å². The van der Waals surface area contributed by atoms with Crippen molar-refractivity contribution < 1.29 is 4.79 Å². The minimum Gasteiger partial charge on any atom is -0.267 e. The highest BCUT2D eigenvalue weighted by atomic mass is 35.5. The van der Waals surface area contributed by atoms with Gasteiger partial charge in [0.15, 0.2) is 0 Å². The lowest BCUT2D eigenvalue weighted by molar-refractivity contribution is 0.0987. The second kappa shape index (κ2) is 5.21. The fourth-order valence-electron chi connectivity index (χ4n) is 1.55. The molecule has 92 valence electrons. The molecule has 0 spiro atoms. The van der Waals surface area contributed by atoms with E-state index in [0.717, 1.165) is 10.6 Å². The van der Waals surface area contributed by atoms with E-state index in [9.17, 15) is 4.79 Å². The fourth-order valence-corrected chi connectivity index (χ4v) is 1.68. The van der Waals surface area contributed by atoms with E-state index < -0.39 is 0 Å². The van der Waals surface area contributed by atoms with Gasteiger partial charge in [0.1, 0.15) is 0 Å². The Morgan fingerprint density at radius 3 is 2.17 bits per heavy atom. The highest BCUT2D eigenvalue weighted by Crippen LogP contribution is 2.16. The molecule has 2 aromatic rings. The lowest BCUT2D eigenvalue weighted by Crippen LogP contribution is -2.37. The van der Waals surface area contributed by atoms with Gasteiger partial charge in [0, 0.05) is 10.6 Å². The Morgan fingerprint density at radius 2 is 1.61 bits per heavy atom. The maximum absolute atomic E-state index is 12.1. The number of hydrazine groups is 1. The molecule has 0 heterocycles. The van der Waals surface area contributed by atoms with Crippen LogP contribution in [0.4, 0.5) is 5.69 Å². The van der Waals surface area contributed by atoms with Gasteiger partial charge < -0.3 is 0 Å². The number of aryl methyl sites for hydroxylation is 1. The third-order valence-electron chi connectivity index (χ3n) is 2.62. The summed E-state index contributed by atoms with van der Waals surface area (Å²) in [4.78, 5) is 12.1. The van der Waals surface area contributed by atoms with Crippen LogP contribution in [0.15, 0.2) is 48.5 Å². The summed E-state index contributed by atoms with van der Waals surface area (Å²) >= 11 is 5.77. The van der Waals surface area contributed by atoms with E-state index in [4.69, 9.17) is 17.4 Å². The van der Waals surface area contributed by atoms with Gasteiger partial charge in [-0.1, -0.05) is 29.3 Å². The first kappa shape index (κ1) is 12.6. The van der Waals surface area contributed by atoms with Crippen LogP contribution in [0.25, 0.3) is 0 Å². The lowest BCUT2D eigenvalue weighted by Gasteiger charge is -2.16. The average Bonchev–Trinajstić information content (AvgIpc) is 2.39. The number of hydrogen-bond acceptors (Lipinski definition) is 2. The van der Waals surface area contributed by atoms with E-state index in [-0.39, 0.29) is 5.91 Å². The van der Waals surface area contributed by atoms with Crippen LogP contribution in [-0.4, -0.2) is 5.91 Å².